The van der Waals surface area contributed by atoms with Crippen LogP contribution in [0.25, 0.3) is 0 Å². The summed E-state index contributed by atoms with van der Waals surface area (Å²) in [6, 6.07) is 20.7. The minimum Gasteiger partial charge on any atom is -0.445 e. The maximum Gasteiger partial charge on any atom is 0.408 e. The molecule has 2 aromatic carbocycles. The number of aliphatic hydroxyl groups is 2. The predicted molar refractivity (Wildman–Crippen MR) is 209 cm³/mol. The van der Waals surface area contributed by atoms with E-state index >= 15 is 0 Å². The van der Waals surface area contributed by atoms with Crippen molar-refractivity contribution in [3.8, 4) is 0 Å². The summed E-state index contributed by atoms with van der Waals surface area (Å²) >= 11 is 0. The number of aromatic nitrogens is 2. The molecular weight excluding hydrogens is 716 g/mol. The number of amides is 4. The number of pyridine rings is 2. The molecule has 56 heavy (non-hydrogen) atoms. The van der Waals surface area contributed by atoms with Gasteiger partial charge in [0.15, 0.2) is 0 Å². The van der Waals surface area contributed by atoms with Crippen LogP contribution in [0.2, 0.25) is 0 Å². The van der Waals surface area contributed by atoms with E-state index in [1.165, 1.54) is 0 Å². The maximum atomic E-state index is 13.9. The Labute approximate surface area is 327 Å². The normalized spacial score (nSPS) is 14.4. The van der Waals surface area contributed by atoms with E-state index in [9.17, 15) is 29.4 Å². The standard InChI is InChI=1S/C42H52N6O8/c1-27(2)35(47-41(53)55-25-31-15-19-43-20-16-31)39(51)45-33(23-29-11-7-5-8-12-29)37(49)38(50)34(24-30-13-9-6-10-14-30)46-40(52)36(28(3)4)48-42(54)56-26-32-17-21-44-22-18-32/h5-22,27-28,33-38,49-50H,23-26H2,1-4H3,(H,45,51)(H,46,52)(H,47,53)(H,48,54)/t33-,34-,35-,36-,37-,38-/m0/s1. The lowest BCUT2D eigenvalue weighted by Gasteiger charge is -2.35. The fourth-order valence-electron chi connectivity index (χ4n) is 5.93. The van der Waals surface area contributed by atoms with Gasteiger partial charge in [0.25, 0.3) is 0 Å². The van der Waals surface area contributed by atoms with Crippen LogP contribution in [0.4, 0.5) is 9.59 Å². The lowest BCUT2D eigenvalue weighted by atomic mass is 9.90. The molecule has 6 N–H and O–H groups in total. The molecule has 0 fully saturated rings. The van der Waals surface area contributed by atoms with E-state index in [-0.39, 0.29) is 37.9 Å². The van der Waals surface area contributed by atoms with Crippen molar-refractivity contribution in [3.05, 3.63) is 132 Å². The minimum absolute atomic E-state index is 0.0309. The van der Waals surface area contributed by atoms with E-state index in [1.54, 1.807) is 76.7 Å². The summed E-state index contributed by atoms with van der Waals surface area (Å²) < 4.78 is 10.7. The summed E-state index contributed by atoms with van der Waals surface area (Å²) in [5.41, 5.74) is 2.95. The van der Waals surface area contributed by atoms with E-state index in [2.05, 4.69) is 31.2 Å². The van der Waals surface area contributed by atoms with Gasteiger partial charge in [0.1, 0.15) is 37.5 Å². The van der Waals surface area contributed by atoms with Crippen molar-refractivity contribution in [3.63, 3.8) is 0 Å². The van der Waals surface area contributed by atoms with Crippen molar-refractivity contribution in [2.24, 2.45) is 11.8 Å². The molecule has 0 radical (unpaired) electrons. The number of nitrogens with zero attached hydrogens (tertiary/aromatic N) is 2. The number of alkyl carbamates (subject to hydrolysis) is 2. The van der Waals surface area contributed by atoms with E-state index in [4.69, 9.17) is 9.47 Å². The van der Waals surface area contributed by atoms with Crippen molar-refractivity contribution in [1.29, 1.82) is 0 Å². The van der Waals surface area contributed by atoms with Crippen LogP contribution in [-0.4, -0.2) is 80.6 Å². The Balaban J connectivity index is 1.53. The first-order chi connectivity index (χ1) is 26.9. The second-order valence-corrected chi connectivity index (χ2v) is 14.2. The molecule has 4 rings (SSSR count). The maximum absolute atomic E-state index is 13.9. The van der Waals surface area contributed by atoms with Crippen LogP contribution in [0.1, 0.15) is 49.9 Å². The first-order valence-electron chi connectivity index (χ1n) is 18.6. The van der Waals surface area contributed by atoms with E-state index in [0.29, 0.717) is 11.1 Å². The zero-order chi connectivity index (χ0) is 40.5. The molecule has 0 aliphatic carbocycles. The van der Waals surface area contributed by atoms with Gasteiger partial charge >= 0.3 is 12.2 Å². The lowest BCUT2D eigenvalue weighted by molar-refractivity contribution is -0.129. The molecule has 298 valence electrons. The number of aliphatic hydroxyl groups excluding tert-OH is 2. The molecule has 4 aromatic rings. The number of benzene rings is 2. The van der Waals surface area contributed by atoms with Gasteiger partial charge in [-0.05, 0) is 71.2 Å². The number of carbonyl (C=O) groups excluding carboxylic acids is 4. The van der Waals surface area contributed by atoms with Gasteiger partial charge in [-0.15, -0.1) is 0 Å². The summed E-state index contributed by atoms with van der Waals surface area (Å²) in [6.45, 7) is 6.96. The van der Waals surface area contributed by atoms with Crippen LogP contribution < -0.4 is 21.3 Å². The summed E-state index contributed by atoms with van der Waals surface area (Å²) in [4.78, 5) is 61.2. The van der Waals surface area contributed by atoms with Gasteiger partial charge in [-0.25, -0.2) is 9.59 Å². The molecule has 0 saturated heterocycles. The molecule has 0 aliphatic rings. The summed E-state index contributed by atoms with van der Waals surface area (Å²) in [5.74, 6) is -1.98. The number of ether oxygens (including phenoxy) is 2. The fourth-order valence-corrected chi connectivity index (χ4v) is 5.93. The Kier molecular flexibility index (Phi) is 16.8. The summed E-state index contributed by atoms with van der Waals surface area (Å²) in [6.07, 6.45) is 1.66. The average molecular weight is 769 g/mol. The molecule has 0 unspecified atom stereocenters. The van der Waals surface area contributed by atoms with Crippen molar-refractivity contribution >= 4 is 24.0 Å². The van der Waals surface area contributed by atoms with Crippen molar-refractivity contribution in [2.75, 3.05) is 0 Å². The first kappa shape index (κ1) is 42.9. The lowest BCUT2D eigenvalue weighted by Crippen LogP contribution is -2.61. The fraction of sp³-hybridized carbons (Fsp3) is 0.381. The van der Waals surface area contributed by atoms with Crippen LogP contribution in [0.5, 0.6) is 0 Å². The number of rotatable bonds is 19. The third-order valence-corrected chi connectivity index (χ3v) is 9.11. The van der Waals surface area contributed by atoms with Crippen molar-refractivity contribution in [1.82, 2.24) is 31.2 Å². The molecular formula is C42H52N6O8. The Morgan fingerprint density at radius 1 is 0.518 bits per heavy atom. The molecule has 4 amide bonds. The van der Waals surface area contributed by atoms with E-state index in [0.717, 1.165) is 11.1 Å². The number of nitrogens with one attached hydrogen (secondary N) is 4. The molecule has 14 heteroatoms. The molecule has 14 nitrogen and oxygen atoms in total. The smallest absolute Gasteiger partial charge is 0.408 e. The first-order valence-corrected chi connectivity index (χ1v) is 18.6. The van der Waals surface area contributed by atoms with Gasteiger partial charge in [0, 0.05) is 24.8 Å². The molecule has 0 spiro atoms. The second kappa shape index (κ2) is 21.9. The van der Waals surface area contributed by atoms with Crippen LogP contribution in [0.3, 0.4) is 0 Å². The second-order valence-electron chi connectivity index (χ2n) is 14.2. The zero-order valence-electron chi connectivity index (χ0n) is 32.1. The Morgan fingerprint density at radius 3 is 1.18 bits per heavy atom. The average Bonchev–Trinajstić information content (AvgIpc) is 3.20. The third kappa shape index (κ3) is 13.8. The molecule has 2 aromatic heterocycles. The summed E-state index contributed by atoms with van der Waals surface area (Å²) in [5, 5.41) is 34.8. The van der Waals surface area contributed by atoms with Crippen LogP contribution in [-0.2, 0) is 45.1 Å². The predicted octanol–water partition coefficient (Wildman–Crippen LogP) is 3.86. The van der Waals surface area contributed by atoms with Gasteiger partial charge in [-0.3, -0.25) is 19.6 Å². The monoisotopic (exact) mass is 768 g/mol. The Hall–Kier alpha value is -5.86. The van der Waals surface area contributed by atoms with Crippen molar-refractivity contribution < 1.29 is 38.9 Å². The van der Waals surface area contributed by atoms with E-state index in [1.807, 2.05) is 60.7 Å². The SMILES string of the molecule is CC(C)[C@H](NC(=O)OCc1ccncc1)C(=O)N[C@@H](Cc1ccccc1)[C@H](O)[C@@H](O)[C@H](Cc1ccccc1)NC(=O)[C@@H](NC(=O)OCc1ccncc1)C(C)C. The molecule has 6 atom stereocenters. The topological polar surface area (TPSA) is 201 Å². The molecule has 0 bridgehead atoms. The highest BCUT2D eigenvalue weighted by atomic mass is 16.6. The van der Waals surface area contributed by atoms with Gasteiger partial charge in [-0.2, -0.15) is 0 Å². The molecule has 2 heterocycles. The minimum atomic E-state index is -1.62. The highest BCUT2D eigenvalue weighted by molar-refractivity contribution is 5.87. The van der Waals surface area contributed by atoms with Gasteiger partial charge in [-0.1, -0.05) is 88.4 Å². The number of hydrogen-bond acceptors (Lipinski definition) is 10. The highest BCUT2D eigenvalue weighted by Gasteiger charge is 2.37. The molecule has 0 saturated carbocycles. The van der Waals surface area contributed by atoms with Crippen LogP contribution in [0, 0.1) is 11.8 Å². The van der Waals surface area contributed by atoms with E-state index < -0.39 is 60.4 Å². The largest absolute Gasteiger partial charge is 0.445 e. The van der Waals surface area contributed by atoms with Gasteiger partial charge < -0.3 is 41.0 Å². The van der Waals surface area contributed by atoms with Gasteiger partial charge in [0.2, 0.25) is 11.8 Å². The summed E-state index contributed by atoms with van der Waals surface area (Å²) in [7, 11) is 0. The third-order valence-electron chi connectivity index (χ3n) is 9.11. The number of carbonyl (C=O) groups is 4. The molecule has 0 aliphatic heterocycles. The Morgan fingerprint density at radius 2 is 0.857 bits per heavy atom. The van der Waals surface area contributed by atoms with Crippen LogP contribution >= 0.6 is 0 Å². The van der Waals surface area contributed by atoms with Crippen molar-refractivity contribution in [2.45, 2.75) is 90.1 Å². The quantitative estimate of drug-likeness (QED) is 0.0814. The highest BCUT2D eigenvalue weighted by Crippen LogP contribution is 2.17. The number of hydrogen-bond donors (Lipinski definition) is 6. The van der Waals surface area contributed by atoms with Crippen LogP contribution in [0.15, 0.2) is 110 Å². The zero-order valence-corrected chi connectivity index (χ0v) is 32.1. The Bertz CT molecular complexity index is 1670. The van der Waals surface area contributed by atoms with Gasteiger partial charge in [0.05, 0.1) is 12.1 Å².